The molecule has 2 heterocycles. The molecule has 5 N–H and O–H groups in total. The Bertz CT molecular complexity index is 367. The third-order valence-corrected chi connectivity index (χ3v) is 1.46. The van der Waals surface area contributed by atoms with E-state index in [-0.39, 0.29) is 6.15 Å². The van der Waals surface area contributed by atoms with Crippen LogP contribution in [0, 0.1) is 0 Å². The van der Waals surface area contributed by atoms with Crippen LogP contribution in [0.15, 0.2) is 12.7 Å². The number of nitrogens with zero attached hydrogens (tertiary/aromatic N) is 3. The first kappa shape index (κ1) is 8.41. The van der Waals surface area contributed by atoms with Crippen molar-refractivity contribution in [1.29, 1.82) is 0 Å². The van der Waals surface area contributed by atoms with Crippen molar-refractivity contribution < 1.29 is 0 Å². The van der Waals surface area contributed by atoms with E-state index >= 15 is 0 Å². The molecule has 0 spiro atoms. The van der Waals surface area contributed by atoms with Crippen LogP contribution in [0.2, 0.25) is 0 Å². The molecule has 0 aliphatic carbocycles. The number of hydrogen-bond acceptors (Lipinski definition) is 5. The van der Waals surface area contributed by atoms with Gasteiger partial charge in [0, 0.05) is 7.05 Å². The topological polar surface area (TPSA) is 101 Å². The van der Waals surface area contributed by atoms with Crippen molar-refractivity contribution in [2.75, 3.05) is 12.4 Å². The maximum Gasteiger partial charge on any atom is 0.182 e. The Morgan fingerprint density at radius 2 is 2.17 bits per heavy atom. The summed E-state index contributed by atoms with van der Waals surface area (Å²) >= 11 is 0. The predicted octanol–water partition coefficient (Wildman–Crippen LogP) is 0.557. The SMILES string of the molecule is CNc1ncnc2nc[nH]c12.N. The maximum atomic E-state index is 4.00. The highest BCUT2D eigenvalue weighted by atomic mass is 15.1. The van der Waals surface area contributed by atoms with Crippen LogP contribution in [-0.2, 0) is 0 Å². The first-order chi connectivity index (χ1) is 5.42. The lowest BCUT2D eigenvalue weighted by Crippen LogP contribution is -1.93. The second-order valence-electron chi connectivity index (χ2n) is 2.07. The molecule has 2 rings (SSSR count). The number of anilines is 1. The summed E-state index contributed by atoms with van der Waals surface area (Å²) in [5.74, 6) is 0.771. The summed E-state index contributed by atoms with van der Waals surface area (Å²) in [5.41, 5.74) is 1.53. The highest BCUT2D eigenvalue weighted by Gasteiger charge is 2.01. The van der Waals surface area contributed by atoms with Gasteiger partial charge in [-0.2, -0.15) is 0 Å². The molecule has 12 heavy (non-hydrogen) atoms. The Kier molecular flexibility index (Phi) is 2.20. The zero-order chi connectivity index (χ0) is 7.68. The minimum absolute atomic E-state index is 0. The Morgan fingerprint density at radius 1 is 1.33 bits per heavy atom. The Balaban J connectivity index is 0.000000720. The lowest BCUT2D eigenvalue weighted by molar-refractivity contribution is 1.19. The Morgan fingerprint density at radius 3 is 2.92 bits per heavy atom. The van der Waals surface area contributed by atoms with Crippen molar-refractivity contribution in [3.05, 3.63) is 12.7 Å². The smallest absolute Gasteiger partial charge is 0.182 e. The van der Waals surface area contributed by atoms with Crippen molar-refractivity contribution in [3.63, 3.8) is 0 Å². The first-order valence-electron chi connectivity index (χ1n) is 3.23. The minimum Gasteiger partial charge on any atom is -0.371 e. The first-order valence-corrected chi connectivity index (χ1v) is 3.23. The molecule has 2 aromatic rings. The van der Waals surface area contributed by atoms with Gasteiger partial charge in [-0.25, -0.2) is 15.0 Å². The predicted molar refractivity (Wildman–Crippen MR) is 46.3 cm³/mol. The molecule has 0 aliphatic heterocycles. The number of rotatable bonds is 1. The molecule has 6 heteroatoms. The second-order valence-corrected chi connectivity index (χ2v) is 2.07. The van der Waals surface area contributed by atoms with Gasteiger partial charge >= 0.3 is 0 Å². The van der Waals surface area contributed by atoms with Gasteiger partial charge < -0.3 is 16.5 Å². The number of fused-ring (bicyclic) bond motifs is 1. The van der Waals surface area contributed by atoms with Crippen molar-refractivity contribution in [2.45, 2.75) is 0 Å². The molecule has 0 fully saturated rings. The molecule has 6 nitrogen and oxygen atoms in total. The van der Waals surface area contributed by atoms with Gasteiger partial charge in [0.2, 0.25) is 0 Å². The Hall–Kier alpha value is -1.69. The standard InChI is InChI=1S/C6H7N5.H3N/c1-7-5-4-6(10-2-8-4)11-3-9-5;/h2-3H,1H3,(H2,7,8,9,10,11);1H3. The van der Waals surface area contributed by atoms with Crippen LogP contribution in [-0.4, -0.2) is 27.0 Å². The number of aromatic amines is 1. The van der Waals surface area contributed by atoms with Gasteiger partial charge in [-0.05, 0) is 0 Å². The summed E-state index contributed by atoms with van der Waals surface area (Å²) in [5, 5.41) is 2.93. The number of H-pyrrole nitrogens is 1. The van der Waals surface area contributed by atoms with Crippen molar-refractivity contribution in [2.24, 2.45) is 0 Å². The summed E-state index contributed by atoms with van der Waals surface area (Å²) in [7, 11) is 1.81. The summed E-state index contributed by atoms with van der Waals surface area (Å²) < 4.78 is 0. The third-order valence-electron chi connectivity index (χ3n) is 1.46. The summed E-state index contributed by atoms with van der Waals surface area (Å²) in [6.07, 6.45) is 3.08. The van der Waals surface area contributed by atoms with Crippen LogP contribution < -0.4 is 11.5 Å². The van der Waals surface area contributed by atoms with E-state index in [4.69, 9.17) is 0 Å². The van der Waals surface area contributed by atoms with Gasteiger partial charge in [0.25, 0.3) is 0 Å². The molecule has 0 bridgehead atoms. The number of imidazole rings is 1. The average Bonchev–Trinajstić information content (AvgIpc) is 2.50. The van der Waals surface area contributed by atoms with Crippen molar-refractivity contribution in [1.82, 2.24) is 26.1 Å². The van der Waals surface area contributed by atoms with E-state index in [2.05, 4.69) is 25.3 Å². The molecule has 0 unspecified atom stereocenters. The summed E-state index contributed by atoms with van der Waals surface area (Å²) in [6.45, 7) is 0. The van der Waals surface area contributed by atoms with Gasteiger partial charge in [0.05, 0.1) is 6.33 Å². The van der Waals surface area contributed by atoms with E-state index in [1.54, 1.807) is 6.33 Å². The fraction of sp³-hybridized carbons (Fsp3) is 0.167. The van der Waals surface area contributed by atoms with E-state index in [0.717, 1.165) is 11.3 Å². The summed E-state index contributed by atoms with van der Waals surface area (Å²) in [4.78, 5) is 14.9. The van der Waals surface area contributed by atoms with Crippen molar-refractivity contribution in [3.8, 4) is 0 Å². The van der Waals surface area contributed by atoms with E-state index in [0.29, 0.717) is 5.65 Å². The van der Waals surface area contributed by atoms with Gasteiger partial charge in [0.15, 0.2) is 11.5 Å². The molecule has 0 atom stereocenters. The lowest BCUT2D eigenvalue weighted by atomic mass is 10.5. The number of nitrogens with one attached hydrogen (secondary N) is 2. The molecule has 0 amide bonds. The fourth-order valence-electron chi connectivity index (χ4n) is 0.955. The van der Waals surface area contributed by atoms with Gasteiger partial charge in [-0.1, -0.05) is 0 Å². The molecule has 0 saturated carbocycles. The molecule has 0 saturated heterocycles. The molecule has 0 aliphatic rings. The van der Waals surface area contributed by atoms with Crippen LogP contribution >= 0.6 is 0 Å². The molecular formula is C6H10N6. The van der Waals surface area contributed by atoms with E-state index in [9.17, 15) is 0 Å². The molecule has 2 aromatic heterocycles. The fourth-order valence-corrected chi connectivity index (χ4v) is 0.955. The largest absolute Gasteiger partial charge is 0.371 e. The molecular weight excluding hydrogens is 156 g/mol. The van der Waals surface area contributed by atoms with Gasteiger partial charge in [-0.15, -0.1) is 0 Å². The molecule has 64 valence electrons. The lowest BCUT2D eigenvalue weighted by Gasteiger charge is -1.96. The number of aromatic nitrogens is 4. The molecule has 0 aromatic carbocycles. The van der Waals surface area contributed by atoms with Crippen LogP contribution in [0.5, 0.6) is 0 Å². The summed E-state index contributed by atoms with van der Waals surface area (Å²) in [6, 6.07) is 0. The number of hydrogen-bond donors (Lipinski definition) is 3. The van der Waals surface area contributed by atoms with Crippen LogP contribution in [0.4, 0.5) is 5.82 Å². The zero-order valence-electron chi connectivity index (χ0n) is 6.70. The average molecular weight is 166 g/mol. The quantitative estimate of drug-likeness (QED) is 0.574. The third kappa shape index (κ3) is 1.08. The minimum atomic E-state index is 0. The van der Waals surface area contributed by atoms with E-state index in [1.165, 1.54) is 6.33 Å². The maximum absolute atomic E-state index is 4.00. The monoisotopic (exact) mass is 166 g/mol. The van der Waals surface area contributed by atoms with Crippen LogP contribution in [0.3, 0.4) is 0 Å². The van der Waals surface area contributed by atoms with Crippen LogP contribution in [0.25, 0.3) is 11.2 Å². The Labute approximate surface area is 69.0 Å². The van der Waals surface area contributed by atoms with Gasteiger partial charge in [-0.3, -0.25) is 0 Å². The van der Waals surface area contributed by atoms with E-state index < -0.39 is 0 Å². The second kappa shape index (κ2) is 3.14. The van der Waals surface area contributed by atoms with Gasteiger partial charge in [0.1, 0.15) is 11.8 Å². The molecule has 0 radical (unpaired) electrons. The van der Waals surface area contributed by atoms with Crippen molar-refractivity contribution >= 4 is 17.0 Å². The van der Waals surface area contributed by atoms with Crippen LogP contribution in [0.1, 0.15) is 0 Å². The van der Waals surface area contributed by atoms with E-state index in [1.807, 2.05) is 7.05 Å². The zero-order valence-corrected chi connectivity index (χ0v) is 6.70. The normalized spacial score (nSPS) is 9.42. The highest BCUT2D eigenvalue weighted by molar-refractivity contribution is 5.81. The highest BCUT2D eigenvalue weighted by Crippen LogP contribution is 2.12.